The Morgan fingerprint density at radius 3 is 2.21 bits per heavy atom. The van der Waals surface area contributed by atoms with Crippen LogP contribution in [0.3, 0.4) is 0 Å². The molecule has 0 radical (unpaired) electrons. The Bertz CT molecular complexity index is 1010. The summed E-state index contributed by atoms with van der Waals surface area (Å²) in [6.45, 7) is 2.43. The van der Waals surface area contributed by atoms with Crippen LogP contribution in [0.1, 0.15) is 25.8 Å². The zero-order chi connectivity index (χ0) is 24.1. The molecule has 1 aromatic carbocycles. The third-order valence-electron chi connectivity index (χ3n) is 6.51. The molecule has 3 aliphatic rings. The number of nitrogens with one attached hydrogen (secondary N) is 1. The van der Waals surface area contributed by atoms with E-state index in [1.54, 1.807) is 13.8 Å². The van der Waals surface area contributed by atoms with Crippen LogP contribution in [0, 0.1) is 29.6 Å². The van der Waals surface area contributed by atoms with Crippen molar-refractivity contribution in [3.8, 4) is 0 Å². The van der Waals surface area contributed by atoms with Gasteiger partial charge < -0.3 is 10.1 Å². The van der Waals surface area contributed by atoms with Crippen molar-refractivity contribution >= 4 is 29.4 Å². The van der Waals surface area contributed by atoms with Crippen molar-refractivity contribution in [3.05, 3.63) is 42.0 Å². The van der Waals surface area contributed by atoms with Gasteiger partial charge in [-0.25, -0.2) is 4.79 Å². The highest BCUT2D eigenvalue weighted by molar-refractivity contribution is 6.09. The number of hydrogen-bond acceptors (Lipinski definition) is 5. The molecule has 176 valence electrons. The second-order valence-electron chi connectivity index (χ2n) is 8.93. The number of ether oxygens (including phenoxy) is 1. The Balaban J connectivity index is 1.43. The summed E-state index contributed by atoms with van der Waals surface area (Å²) in [5, 5.41) is 2.09. The second-order valence-corrected chi connectivity index (χ2v) is 8.93. The summed E-state index contributed by atoms with van der Waals surface area (Å²) in [6, 6.07) is 3.20. The second kappa shape index (κ2) is 8.31. The molecule has 1 saturated carbocycles. The molecule has 4 rings (SSSR count). The first kappa shape index (κ1) is 23.0. The van der Waals surface area contributed by atoms with Crippen LogP contribution >= 0.6 is 0 Å². The molecule has 2 fully saturated rings. The maximum Gasteiger partial charge on any atom is 0.418 e. The van der Waals surface area contributed by atoms with Crippen molar-refractivity contribution in [2.45, 2.75) is 32.5 Å². The molecule has 10 heteroatoms. The predicted octanol–water partition coefficient (Wildman–Crippen LogP) is 3.02. The number of amides is 3. The first-order chi connectivity index (χ1) is 15.5. The molecule has 1 aliphatic heterocycles. The fraction of sp³-hybridized carbons (Fsp3) is 0.478. The number of rotatable bonds is 6. The Labute approximate surface area is 187 Å². The number of allylic oxidation sites excluding steroid dienone is 2. The lowest BCUT2D eigenvalue weighted by Gasteiger charge is -2.28. The average molecular weight is 464 g/mol. The van der Waals surface area contributed by atoms with Gasteiger partial charge in [0.1, 0.15) is 6.04 Å². The molecule has 3 amide bonds. The van der Waals surface area contributed by atoms with Gasteiger partial charge in [0.2, 0.25) is 11.8 Å². The number of carbonyl (C=O) groups excluding carboxylic acids is 4. The molecule has 0 aromatic heterocycles. The SMILES string of the molecule is CC(C)[C@H](C(=O)OCC(=O)Nc1ccccc1C(F)(F)F)N1C(=O)[C@H]2[C@H](C1=O)[C@H]1C=C[C@H]2C1. The number of benzene rings is 1. The molecule has 1 aromatic rings. The summed E-state index contributed by atoms with van der Waals surface area (Å²) in [6.07, 6.45) is -0.0538. The van der Waals surface area contributed by atoms with Gasteiger partial charge in [0.15, 0.2) is 6.61 Å². The largest absolute Gasteiger partial charge is 0.454 e. The number of esters is 1. The van der Waals surface area contributed by atoms with Crippen LogP contribution in [0.15, 0.2) is 36.4 Å². The molecule has 1 saturated heterocycles. The number of halogens is 3. The standard InChI is InChI=1S/C23H23F3N2O5/c1-11(2)19(28-20(30)17-12-7-8-13(9-12)18(17)21(28)31)22(32)33-10-16(29)27-15-6-4-3-5-14(15)23(24,25)26/h3-8,11-13,17-19H,9-10H2,1-2H3,(H,27,29)/t12-,13-,17+,18+,19+/m0/s1. The van der Waals surface area contributed by atoms with Crippen molar-refractivity contribution < 1.29 is 37.1 Å². The molecule has 33 heavy (non-hydrogen) atoms. The number of anilines is 1. The third kappa shape index (κ3) is 4.02. The number of nitrogens with zero attached hydrogens (tertiary/aromatic N) is 1. The molecule has 0 spiro atoms. The van der Waals surface area contributed by atoms with Gasteiger partial charge in [-0.1, -0.05) is 38.1 Å². The minimum absolute atomic E-state index is 0.0234. The summed E-state index contributed by atoms with van der Waals surface area (Å²) < 4.78 is 44.3. The number of hydrogen-bond donors (Lipinski definition) is 1. The van der Waals surface area contributed by atoms with E-state index >= 15 is 0 Å². The van der Waals surface area contributed by atoms with Crippen LogP contribution in [0.25, 0.3) is 0 Å². The van der Waals surface area contributed by atoms with Crippen molar-refractivity contribution in [1.29, 1.82) is 0 Å². The smallest absolute Gasteiger partial charge is 0.418 e. The number of likely N-dealkylation sites (tertiary alicyclic amines) is 1. The Morgan fingerprint density at radius 2 is 1.67 bits per heavy atom. The van der Waals surface area contributed by atoms with E-state index < -0.39 is 71.5 Å². The lowest BCUT2D eigenvalue weighted by atomic mass is 9.85. The zero-order valence-electron chi connectivity index (χ0n) is 18.0. The van der Waals surface area contributed by atoms with E-state index in [0.717, 1.165) is 23.5 Å². The summed E-state index contributed by atoms with van der Waals surface area (Å²) in [5.41, 5.74) is -1.50. The van der Waals surface area contributed by atoms with Crippen LogP contribution in [0.4, 0.5) is 18.9 Å². The Hall–Kier alpha value is -3.17. The van der Waals surface area contributed by atoms with E-state index in [0.29, 0.717) is 0 Å². The van der Waals surface area contributed by atoms with Crippen molar-refractivity contribution in [2.24, 2.45) is 29.6 Å². The van der Waals surface area contributed by atoms with Crippen LogP contribution < -0.4 is 5.32 Å². The first-order valence-corrected chi connectivity index (χ1v) is 10.7. The quantitative estimate of drug-likeness (QED) is 0.397. The summed E-state index contributed by atoms with van der Waals surface area (Å²) in [4.78, 5) is 52.0. The van der Waals surface area contributed by atoms with E-state index in [1.165, 1.54) is 12.1 Å². The van der Waals surface area contributed by atoms with Crippen LogP contribution in [0.5, 0.6) is 0 Å². The molecule has 2 bridgehead atoms. The maximum absolute atomic E-state index is 13.1. The maximum atomic E-state index is 13.1. The molecule has 2 aliphatic carbocycles. The van der Waals surface area contributed by atoms with Gasteiger partial charge in [-0.2, -0.15) is 13.2 Å². The highest BCUT2D eigenvalue weighted by Gasteiger charge is 2.61. The van der Waals surface area contributed by atoms with Crippen molar-refractivity contribution in [1.82, 2.24) is 4.90 Å². The average Bonchev–Trinajstić information content (AvgIpc) is 3.42. The molecule has 5 atom stereocenters. The molecule has 7 nitrogen and oxygen atoms in total. The minimum Gasteiger partial charge on any atom is -0.454 e. The van der Waals surface area contributed by atoms with E-state index in [2.05, 4.69) is 5.32 Å². The summed E-state index contributed by atoms with van der Waals surface area (Å²) in [5.74, 6) is -4.25. The van der Waals surface area contributed by atoms with E-state index in [9.17, 15) is 32.3 Å². The monoisotopic (exact) mass is 464 g/mol. The molecule has 1 heterocycles. The molecular formula is C23H23F3N2O5. The number of para-hydroxylation sites is 1. The van der Waals surface area contributed by atoms with E-state index in [-0.39, 0.29) is 11.8 Å². The van der Waals surface area contributed by atoms with Gasteiger partial charge in [0, 0.05) is 0 Å². The van der Waals surface area contributed by atoms with Gasteiger partial charge in [0.25, 0.3) is 5.91 Å². The summed E-state index contributed by atoms with van der Waals surface area (Å²) in [7, 11) is 0. The normalized spacial score (nSPS) is 26.7. The predicted molar refractivity (Wildman–Crippen MR) is 109 cm³/mol. The molecule has 0 unspecified atom stereocenters. The number of alkyl halides is 3. The van der Waals surface area contributed by atoms with Crippen molar-refractivity contribution in [3.63, 3.8) is 0 Å². The topological polar surface area (TPSA) is 92.8 Å². The van der Waals surface area contributed by atoms with Gasteiger partial charge in [-0.05, 0) is 36.3 Å². The molecule has 1 N–H and O–H groups in total. The Kier molecular flexibility index (Phi) is 5.79. The van der Waals surface area contributed by atoms with E-state index in [1.807, 2.05) is 12.2 Å². The van der Waals surface area contributed by atoms with Gasteiger partial charge in [-0.3, -0.25) is 19.3 Å². The number of carbonyl (C=O) groups is 4. The number of imide groups is 1. The lowest BCUT2D eigenvalue weighted by molar-refractivity contribution is -0.162. The van der Waals surface area contributed by atoms with Crippen LogP contribution in [0.2, 0.25) is 0 Å². The summed E-state index contributed by atoms with van der Waals surface area (Å²) >= 11 is 0. The highest BCUT2D eigenvalue weighted by Crippen LogP contribution is 2.53. The van der Waals surface area contributed by atoms with Crippen LogP contribution in [-0.4, -0.2) is 41.2 Å². The third-order valence-corrected chi connectivity index (χ3v) is 6.51. The first-order valence-electron chi connectivity index (χ1n) is 10.7. The van der Waals surface area contributed by atoms with Gasteiger partial charge >= 0.3 is 12.1 Å². The fourth-order valence-electron chi connectivity index (χ4n) is 5.12. The molecular weight excluding hydrogens is 441 g/mol. The van der Waals surface area contributed by atoms with Crippen molar-refractivity contribution in [2.75, 3.05) is 11.9 Å². The lowest BCUT2D eigenvalue weighted by Crippen LogP contribution is -2.50. The van der Waals surface area contributed by atoms with Crippen LogP contribution in [-0.2, 0) is 30.1 Å². The van der Waals surface area contributed by atoms with E-state index in [4.69, 9.17) is 4.74 Å². The Morgan fingerprint density at radius 1 is 1.09 bits per heavy atom. The number of fused-ring (bicyclic) bond motifs is 5. The minimum atomic E-state index is -4.67. The fourth-order valence-corrected chi connectivity index (χ4v) is 5.12. The van der Waals surface area contributed by atoms with Gasteiger partial charge in [0.05, 0.1) is 23.1 Å². The zero-order valence-corrected chi connectivity index (χ0v) is 18.0. The highest BCUT2D eigenvalue weighted by atomic mass is 19.4. The van der Waals surface area contributed by atoms with Gasteiger partial charge in [-0.15, -0.1) is 0 Å².